The summed E-state index contributed by atoms with van der Waals surface area (Å²) in [6.07, 6.45) is 0.993. The summed E-state index contributed by atoms with van der Waals surface area (Å²) in [5.41, 5.74) is 0. The molecule has 0 aromatic heterocycles. The minimum atomic E-state index is -0.798. The van der Waals surface area contributed by atoms with Crippen molar-refractivity contribution in [2.75, 3.05) is 0 Å². The maximum absolute atomic E-state index is 12.1. The number of amides is 1. The molecular weight excluding hydrogens is 333 g/mol. The van der Waals surface area contributed by atoms with Crippen LogP contribution in [-0.2, 0) is 9.59 Å². The molecule has 0 radical (unpaired) electrons. The summed E-state index contributed by atoms with van der Waals surface area (Å²) in [5.74, 6) is -1.25. The SMILES string of the molecule is CC(Sc1cc(Cl)ccc1Cl)C(=O)NC1CC(C(=O)O)C1. The number of benzene rings is 1. The van der Waals surface area contributed by atoms with Crippen molar-refractivity contribution in [2.24, 2.45) is 5.92 Å². The molecule has 1 fully saturated rings. The standard InChI is InChI=1S/C14H15Cl2NO3S/c1-7(21-12-6-9(15)2-3-11(12)16)13(18)17-10-4-8(5-10)14(19)20/h2-3,6-8,10H,4-5H2,1H3,(H,17,18)(H,19,20). The molecule has 0 bridgehead atoms. The number of carboxylic acids is 1. The van der Waals surface area contributed by atoms with Crippen molar-refractivity contribution in [3.63, 3.8) is 0 Å². The van der Waals surface area contributed by atoms with Gasteiger partial charge in [-0.05, 0) is 38.0 Å². The van der Waals surface area contributed by atoms with Gasteiger partial charge in [-0.2, -0.15) is 0 Å². The van der Waals surface area contributed by atoms with Gasteiger partial charge in [0, 0.05) is 16.0 Å². The van der Waals surface area contributed by atoms with E-state index in [1.165, 1.54) is 11.8 Å². The molecule has 1 aliphatic rings. The molecule has 4 nitrogen and oxygen atoms in total. The summed E-state index contributed by atoms with van der Waals surface area (Å²) in [7, 11) is 0. The molecule has 0 spiro atoms. The molecule has 2 N–H and O–H groups in total. The number of carbonyl (C=O) groups is 2. The molecule has 7 heteroatoms. The van der Waals surface area contributed by atoms with Crippen LogP contribution in [0.25, 0.3) is 0 Å². The average molecular weight is 348 g/mol. The molecule has 1 aliphatic carbocycles. The Balaban J connectivity index is 1.86. The first-order valence-electron chi connectivity index (χ1n) is 6.51. The van der Waals surface area contributed by atoms with Gasteiger partial charge in [0.25, 0.3) is 0 Å². The lowest BCUT2D eigenvalue weighted by Crippen LogP contribution is -2.48. The minimum absolute atomic E-state index is 0.0449. The van der Waals surface area contributed by atoms with Crippen molar-refractivity contribution in [1.82, 2.24) is 5.32 Å². The molecule has 0 aliphatic heterocycles. The maximum atomic E-state index is 12.1. The Bertz CT molecular complexity index is 561. The lowest BCUT2D eigenvalue weighted by atomic mass is 9.80. The molecule has 21 heavy (non-hydrogen) atoms. The fourth-order valence-corrected chi connectivity index (χ4v) is 3.49. The number of nitrogens with one attached hydrogen (secondary N) is 1. The van der Waals surface area contributed by atoms with Crippen LogP contribution in [0.4, 0.5) is 0 Å². The summed E-state index contributed by atoms with van der Waals surface area (Å²) in [4.78, 5) is 23.5. The van der Waals surface area contributed by atoms with E-state index >= 15 is 0 Å². The monoisotopic (exact) mass is 347 g/mol. The van der Waals surface area contributed by atoms with Crippen LogP contribution in [0.15, 0.2) is 23.1 Å². The Morgan fingerprint density at radius 1 is 1.38 bits per heavy atom. The molecule has 0 saturated heterocycles. The van der Waals surface area contributed by atoms with Crippen molar-refractivity contribution >= 4 is 46.8 Å². The van der Waals surface area contributed by atoms with Gasteiger partial charge in [0.15, 0.2) is 0 Å². The van der Waals surface area contributed by atoms with Crippen molar-refractivity contribution in [3.8, 4) is 0 Å². The topological polar surface area (TPSA) is 66.4 Å². The molecule has 1 aromatic carbocycles. The molecule has 0 heterocycles. The van der Waals surface area contributed by atoms with Crippen molar-refractivity contribution < 1.29 is 14.7 Å². The zero-order chi connectivity index (χ0) is 15.6. The highest BCUT2D eigenvalue weighted by atomic mass is 35.5. The van der Waals surface area contributed by atoms with E-state index in [-0.39, 0.29) is 23.1 Å². The summed E-state index contributed by atoms with van der Waals surface area (Å²) >= 11 is 13.3. The first-order chi connectivity index (χ1) is 9.86. The predicted molar refractivity (Wildman–Crippen MR) is 84.1 cm³/mol. The molecule has 1 atom stereocenters. The Hall–Kier alpha value is -0.910. The third-order valence-electron chi connectivity index (χ3n) is 3.40. The highest BCUT2D eigenvalue weighted by molar-refractivity contribution is 8.00. The van der Waals surface area contributed by atoms with Gasteiger partial charge < -0.3 is 10.4 Å². The van der Waals surface area contributed by atoms with Crippen LogP contribution >= 0.6 is 35.0 Å². The second-order valence-corrected chi connectivity index (χ2v) is 7.27. The molecule has 1 unspecified atom stereocenters. The predicted octanol–water partition coefficient (Wildman–Crippen LogP) is 3.45. The Labute approximate surface area is 137 Å². The van der Waals surface area contributed by atoms with Gasteiger partial charge in [-0.15, -0.1) is 11.8 Å². The molecule has 1 saturated carbocycles. The number of aliphatic carboxylic acids is 1. The van der Waals surface area contributed by atoms with Gasteiger partial charge in [0.2, 0.25) is 5.91 Å². The van der Waals surface area contributed by atoms with E-state index in [4.69, 9.17) is 28.3 Å². The van der Waals surface area contributed by atoms with Crippen LogP contribution in [0.1, 0.15) is 19.8 Å². The van der Waals surface area contributed by atoms with E-state index in [9.17, 15) is 9.59 Å². The summed E-state index contributed by atoms with van der Waals surface area (Å²) in [6.45, 7) is 1.78. The largest absolute Gasteiger partial charge is 0.481 e. The molecule has 2 rings (SSSR count). The van der Waals surface area contributed by atoms with Crippen LogP contribution in [0, 0.1) is 5.92 Å². The van der Waals surface area contributed by atoms with Crippen LogP contribution in [0.5, 0.6) is 0 Å². The average Bonchev–Trinajstić information content (AvgIpc) is 2.36. The lowest BCUT2D eigenvalue weighted by Gasteiger charge is -2.33. The Morgan fingerprint density at radius 2 is 2.05 bits per heavy atom. The maximum Gasteiger partial charge on any atom is 0.306 e. The number of thioether (sulfide) groups is 1. The van der Waals surface area contributed by atoms with E-state index in [0.29, 0.717) is 22.9 Å². The number of rotatable bonds is 5. The highest BCUT2D eigenvalue weighted by Crippen LogP contribution is 2.33. The summed E-state index contributed by atoms with van der Waals surface area (Å²) in [5, 5.41) is 12.5. The third kappa shape index (κ3) is 4.28. The van der Waals surface area contributed by atoms with E-state index in [2.05, 4.69) is 5.32 Å². The van der Waals surface area contributed by atoms with Gasteiger partial charge in [-0.3, -0.25) is 9.59 Å². The molecule has 1 amide bonds. The number of carbonyl (C=O) groups excluding carboxylic acids is 1. The first-order valence-corrected chi connectivity index (χ1v) is 8.15. The number of hydrogen-bond donors (Lipinski definition) is 2. The zero-order valence-corrected chi connectivity index (χ0v) is 13.6. The molecule has 114 valence electrons. The number of halogens is 2. The van der Waals surface area contributed by atoms with Crippen molar-refractivity contribution in [1.29, 1.82) is 0 Å². The number of carboxylic acid groups (broad SMARTS) is 1. The fourth-order valence-electron chi connectivity index (χ4n) is 2.07. The van der Waals surface area contributed by atoms with E-state index in [1.807, 2.05) is 0 Å². The normalized spacial score (nSPS) is 22.2. The molecular formula is C14H15Cl2NO3S. The van der Waals surface area contributed by atoms with Crippen molar-refractivity contribution in [3.05, 3.63) is 28.2 Å². The van der Waals surface area contributed by atoms with Gasteiger partial charge in [-0.25, -0.2) is 0 Å². The Kier molecular flexibility index (Phi) is 5.41. The third-order valence-corrected chi connectivity index (χ3v) is 5.24. The smallest absolute Gasteiger partial charge is 0.306 e. The van der Waals surface area contributed by atoms with E-state index in [0.717, 1.165) is 4.90 Å². The van der Waals surface area contributed by atoms with Crippen LogP contribution in [0.2, 0.25) is 10.0 Å². The molecule has 1 aromatic rings. The van der Waals surface area contributed by atoms with Gasteiger partial charge >= 0.3 is 5.97 Å². The quantitative estimate of drug-likeness (QED) is 0.800. The summed E-state index contributed by atoms with van der Waals surface area (Å²) in [6, 6.07) is 5.07. The van der Waals surface area contributed by atoms with Gasteiger partial charge in [-0.1, -0.05) is 23.2 Å². The van der Waals surface area contributed by atoms with Gasteiger partial charge in [0.1, 0.15) is 0 Å². The van der Waals surface area contributed by atoms with E-state index in [1.54, 1.807) is 25.1 Å². The van der Waals surface area contributed by atoms with Gasteiger partial charge in [0.05, 0.1) is 16.2 Å². The van der Waals surface area contributed by atoms with Crippen LogP contribution in [0.3, 0.4) is 0 Å². The summed E-state index contributed by atoms with van der Waals surface area (Å²) < 4.78 is 0. The second-order valence-electron chi connectivity index (χ2n) is 5.05. The fraction of sp³-hybridized carbons (Fsp3) is 0.429. The Morgan fingerprint density at radius 3 is 2.67 bits per heavy atom. The number of hydrogen-bond acceptors (Lipinski definition) is 3. The van der Waals surface area contributed by atoms with Crippen LogP contribution < -0.4 is 5.32 Å². The second kappa shape index (κ2) is 6.90. The zero-order valence-electron chi connectivity index (χ0n) is 11.3. The lowest BCUT2D eigenvalue weighted by molar-refractivity contribution is -0.146. The minimum Gasteiger partial charge on any atom is -0.481 e. The first kappa shape index (κ1) is 16.5. The van der Waals surface area contributed by atoms with Crippen LogP contribution in [-0.4, -0.2) is 28.3 Å². The van der Waals surface area contributed by atoms with E-state index < -0.39 is 5.97 Å². The van der Waals surface area contributed by atoms with Crippen molar-refractivity contribution in [2.45, 2.75) is 36.0 Å². The highest BCUT2D eigenvalue weighted by Gasteiger charge is 2.35.